The van der Waals surface area contributed by atoms with Gasteiger partial charge in [0.05, 0.1) is 17.1 Å². The lowest BCUT2D eigenvalue weighted by Gasteiger charge is -2.30. The third-order valence-electron chi connectivity index (χ3n) is 7.16. The van der Waals surface area contributed by atoms with Crippen molar-refractivity contribution in [1.82, 2.24) is 14.9 Å². The van der Waals surface area contributed by atoms with E-state index < -0.39 is 28.9 Å². The lowest BCUT2D eigenvalue weighted by Crippen LogP contribution is -2.41. The first-order chi connectivity index (χ1) is 17.3. The summed E-state index contributed by atoms with van der Waals surface area (Å²) in [6, 6.07) is 7.28. The summed E-state index contributed by atoms with van der Waals surface area (Å²) in [5.74, 6) is -3.15. The lowest BCUT2D eigenvalue weighted by molar-refractivity contribution is -0.170. The molecule has 1 fully saturated rings. The maximum atomic E-state index is 15.4. The number of aryl methyl sites for hydroxylation is 2. The van der Waals surface area contributed by atoms with Gasteiger partial charge in [-0.1, -0.05) is 12.1 Å². The molecular formula is C28H35F3N4O2. The molecule has 6 nitrogen and oxygen atoms in total. The van der Waals surface area contributed by atoms with Gasteiger partial charge in [-0.2, -0.15) is 8.78 Å². The SMILES string of the molecule is Cc1nc(N[C@H](C)c2cccc(C(F)(F)C(C)(C)O)c2F)c2cc(OC[C@@H]3CCCN3C)c(C)cc2n1. The molecule has 0 spiro atoms. The number of ether oxygens (including phenoxy) is 1. The second kappa shape index (κ2) is 10.1. The van der Waals surface area contributed by atoms with Gasteiger partial charge in [-0.05, 0) is 84.8 Å². The van der Waals surface area contributed by atoms with Crippen LogP contribution in [0.25, 0.3) is 10.9 Å². The summed E-state index contributed by atoms with van der Waals surface area (Å²) in [6.45, 7) is 8.95. The number of hydrogen-bond donors (Lipinski definition) is 2. The number of hydrogen-bond acceptors (Lipinski definition) is 6. The quantitative estimate of drug-likeness (QED) is 0.389. The van der Waals surface area contributed by atoms with Crippen LogP contribution in [0.5, 0.6) is 5.75 Å². The highest BCUT2D eigenvalue weighted by atomic mass is 19.3. The Morgan fingerprint density at radius 2 is 1.95 bits per heavy atom. The molecule has 2 atom stereocenters. The second-order valence-corrected chi connectivity index (χ2v) is 10.6. The number of alkyl halides is 2. The molecule has 1 saturated heterocycles. The van der Waals surface area contributed by atoms with Crippen LogP contribution in [0.3, 0.4) is 0 Å². The average Bonchev–Trinajstić information content (AvgIpc) is 3.21. The normalized spacial score (nSPS) is 17.8. The topological polar surface area (TPSA) is 70.5 Å². The molecule has 2 aromatic carbocycles. The van der Waals surface area contributed by atoms with Crippen molar-refractivity contribution in [1.29, 1.82) is 0 Å². The minimum Gasteiger partial charge on any atom is -0.492 e. The molecule has 0 aliphatic carbocycles. The molecule has 0 bridgehead atoms. The highest BCUT2D eigenvalue weighted by Crippen LogP contribution is 2.41. The molecule has 0 radical (unpaired) electrons. The molecule has 0 amide bonds. The summed E-state index contributed by atoms with van der Waals surface area (Å²) in [5.41, 5.74) is -1.59. The Morgan fingerprint density at radius 3 is 2.59 bits per heavy atom. The van der Waals surface area contributed by atoms with Crippen molar-refractivity contribution in [2.45, 2.75) is 71.1 Å². The summed E-state index contributed by atoms with van der Waals surface area (Å²) < 4.78 is 51.1. The number of rotatable bonds is 8. The molecule has 2 N–H and O–H groups in total. The molecule has 1 aliphatic heterocycles. The minimum absolute atomic E-state index is 0.0405. The Kier molecular flexibility index (Phi) is 7.41. The van der Waals surface area contributed by atoms with Gasteiger partial charge in [-0.25, -0.2) is 14.4 Å². The summed E-state index contributed by atoms with van der Waals surface area (Å²) in [5, 5.41) is 13.8. The van der Waals surface area contributed by atoms with E-state index in [2.05, 4.69) is 27.2 Å². The van der Waals surface area contributed by atoms with E-state index in [0.29, 0.717) is 40.9 Å². The molecule has 0 saturated carbocycles. The van der Waals surface area contributed by atoms with Crippen molar-refractivity contribution in [3.05, 3.63) is 58.7 Å². The van der Waals surface area contributed by atoms with Gasteiger partial charge in [0.1, 0.15) is 35.4 Å². The lowest BCUT2D eigenvalue weighted by atomic mass is 9.91. The van der Waals surface area contributed by atoms with Crippen LogP contribution < -0.4 is 10.1 Å². The maximum Gasteiger partial charge on any atom is 0.303 e. The molecule has 1 aromatic heterocycles. The van der Waals surface area contributed by atoms with Gasteiger partial charge < -0.3 is 20.1 Å². The minimum atomic E-state index is -3.78. The van der Waals surface area contributed by atoms with E-state index >= 15 is 4.39 Å². The van der Waals surface area contributed by atoms with E-state index in [0.717, 1.165) is 44.9 Å². The molecule has 200 valence electrons. The molecule has 37 heavy (non-hydrogen) atoms. The van der Waals surface area contributed by atoms with Crippen LogP contribution in [0, 0.1) is 19.7 Å². The number of halogens is 3. The smallest absolute Gasteiger partial charge is 0.303 e. The molecule has 0 unspecified atom stereocenters. The molecule has 4 rings (SSSR count). The Hall–Kier alpha value is -2.91. The van der Waals surface area contributed by atoms with Crippen molar-refractivity contribution >= 4 is 16.7 Å². The fourth-order valence-electron chi connectivity index (χ4n) is 4.76. The van der Waals surface area contributed by atoms with E-state index in [4.69, 9.17) is 4.74 Å². The van der Waals surface area contributed by atoms with Crippen LogP contribution in [-0.4, -0.2) is 51.8 Å². The fraction of sp³-hybridized carbons (Fsp3) is 0.500. The number of aromatic nitrogens is 2. The summed E-state index contributed by atoms with van der Waals surface area (Å²) in [6.07, 6.45) is 2.24. The van der Waals surface area contributed by atoms with E-state index in [9.17, 15) is 13.9 Å². The third kappa shape index (κ3) is 5.38. The summed E-state index contributed by atoms with van der Waals surface area (Å²) in [7, 11) is 2.10. The van der Waals surface area contributed by atoms with Crippen LogP contribution >= 0.6 is 0 Å². The molecule has 3 aromatic rings. The highest BCUT2D eigenvalue weighted by molar-refractivity contribution is 5.91. The number of nitrogens with zero attached hydrogens (tertiary/aromatic N) is 3. The van der Waals surface area contributed by atoms with Crippen LogP contribution in [0.2, 0.25) is 0 Å². The average molecular weight is 517 g/mol. The Morgan fingerprint density at radius 1 is 1.22 bits per heavy atom. The predicted octanol–water partition coefficient (Wildman–Crippen LogP) is 5.89. The van der Waals surface area contributed by atoms with E-state index in [1.165, 1.54) is 12.1 Å². The number of benzene rings is 2. The van der Waals surface area contributed by atoms with Gasteiger partial charge >= 0.3 is 5.92 Å². The number of likely N-dealkylation sites (N-methyl/N-ethyl adjacent to an activating group) is 1. The van der Waals surface area contributed by atoms with Crippen molar-refractivity contribution in [3.8, 4) is 5.75 Å². The first-order valence-corrected chi connectivity index (χ1v) is 12.6. The Balaban J connectivity index is 1.66. The third-order valence-corrected chi connectivity index (χ3v) is 7.16. The van der Waals surface area contributed by atoms with Crippen LogP contribution in [-0.2, 0) is 5.92 Å². The van der Waals surface area contributed by atoms with Crippen LogP contribution in [0.15, 0.2) is 30.3 Å². The standard InChI is InChI=1S/C28H35F3N4O2/c1-16-13-23-21(14-24(16)37-15-19-9-8-12-35(19)6)26(34-18(3)33-23)32-17(2)20-10-7-11-22(25(20)29)28(30,31)27(4,5)36/h7,10-11,13-14,17,19,36H,8-9,12,15H2,1-6H3,(H,32,33,34)/t17-,19+/m1/s1. The van der Waals surface area contributed by atoms with Crippen molar-refractivity contribution in [3.63, 3.8) is 0 Å². The molecule has 9 heteroatoms. The fourth-order valence-corrected chi connectivity index (χ4v) is 4.76. The molecule has 2 heterocycles. The first-order valence-electron chi connectivity index (χ1n) is 12.6. The summed E-state index contributed by atoms with van der Waals surface area (Å²) in [4.78, 5) is 11.4. The Bertz CT molecular complexity index is 1290. The zero-order chi connectivity index (χ0) is 27.1. The zero-order valence-corrected chi connectivity index (χ0v) is 22.2. The number of likely N-dealkylation sites (tertiary alicyclic amines) is 1. The van der Waals surface area contributed by atoms with Gasteiger partial charge in [0.15, 0.2) is 0 Å². The van der Waals surface area contributed by atoms with Crippen molar-refractivity contribution in [2.75, 3.05) is 25.5 Å². The highest BCUT2D eigenvalue weighted by Gasteiger charge is 2.49. The first kappa shape index (κ1) is 27.1. The number of fused-ring (bicyclic) bond motifs is 1. The molecular weight excluding hydrogens is 481 g/mol. The van der Waals surface area contributed by atoms with Gasteiger partial charge in [0, 0.05) is 17.0 Å². The van der Waals surface area contributed by atoms with Gasteiger partial charge in [-0.3, -0.25) is 0 Å². The van der Waals surface area contributed by atoms with Crippen LogP contribution in [0.1, 0.15) is 62.2 Å². The maximum absolute atomic E-state index is 15.4. The second-order valence-electron chi connectivity index (χ2n) is 10.6. The van der Waals surface area contributed by atoms with Crippen molar-refractivity contribution < 1.29 is 23.0 Å². The molecule has 1 aliphatic rings. The van der Waals surface area contributed by atoms with Gasteiger partial charge in [0.25, 0.3) is 0 Å². The van der Waals surface area contributed by atoms with Gasteiger partial charge in [-0.15, -0.1) is 0 Å². The zero-order valence-electron chi connectivity index (χ0n) is 22.2. The predicted molar refractivity (Wildman–Crippen MR) is 139 cm³/mol. The van der Waals surface area contributed by atoms with Crippen LogP contribution in [0.4, 0.5) is 19.0 Å². The van der Waals surface area contributed by atoms with Crippen molar-refractivity contribution in [2.24, 2.45) is 0 Å². The number of aliphatic hydroxyl groups is 1. The Labute approximate surface area is 215 Å². The van der Waals surface area contributed by atoms with Gasteiger partial charge in [0.2, 0.25) is 0 Å². The monoisotopic (exact) mass is 516 g/mol. The number of anilines is 1. The van der Waals surface area contributed by atoms with E-state index in [-0.39, 0.29) is 5.56 Å². The van der Waals surface area contributed by atoms with E-state index in [1.54, 1.807) is 13.8 Å². The largest absolute Gasteiger partial charge is 0.492 e. The van der Waals surface area contributed by atoms with E-state index in [1.807, 2.05) is 19.1 Å². The number of nitrogens with one attached hydrogen (secondary N) is 1. The summed E-state index contributed by atoms with van der Waals surface area (Å²) >= 11 is 0.